The van der Waals surface area contributed by atoms with Gasteiger partial charge in [-0.3, -0.25) is 0 Å². The molecule has 2 heterocycles. The van der Waals surface area contributed by atoms with Gasteiger partial charge < -0.3 is 0 Å². The lowest BCUT2D eigenvalue weighted by Gasteiger charge is -2.15. The van der Waals surface area contributed by atoms with Gasteiger partial charge in [0.15, 0.2) is 5.82 Å². The molecule has 0 unspecified atom stereocenters. The van der Waals surface area contributed by atoms with Crippen molar-refractivity contribution in [3.63, 3.8) is 0 Å². The van der Waals surface area contributed by atoms with Gasteiger partial charge in [0.05, 0.1) is 6.54 Å². The first-order chi connectivity index (χ1) is 14.3. The summed E-state index contributed by atoms with van der Waals surface area (Å²) < 4.78 is 2.07. The molecule has 0 bridgehead atoms. The minimum absolute atomic E-state index is 0.00890. The zero-order chi connectivity index (χ0) is 20.1. The van der Waals surface area contributed by atoms with Crippen LogP contribution >= 0.6 is 0 Å². The van der Waals surface area contributed by atoms with E-state index in [1.165, 1.54) is 22.3 Å². The summed E-state index contributed by atoms with van der Waals surface area (Å²) in [6.45, 7) is 5.07. The van der Waals surface area contributed by atoms with E-state index >= 15 is 0 Å². The first-order valence-electron chi connectivity index (χ1n) is 10.4. The van der Waals surface area contributed by atoms with Gasteiger partial charge in [0.1, 0.15) is 12.0 Å². The molecule has 1 saturated heterocycles. The summed E-state index contributed by atoms with van der Waals surface area (Å²) in [6.07, 6.45) is 4.17. The second-order valence-corrected chi connectivity index (χ2v) is 7.31. The molecule has 7 heteroatoms. The van der Waals surface area contributed by atoms with Gasteiger partial charge in [0.2, 0.25) is 0 Å². The average molecular weight is 392 g/mol. The zero-order valence-corrected chi connectivity index (χ0v) is 17.1. The second-order valence-electron chi connectivity index (χ2n) is 7.31. The quantitative estimate of drug-likeness (QED) is 0.473. The fourth-order valence-corrected chi connectivity index (χ4v) is 3.60. The van der Waals surface area contributed by atoms with Gasteiger partial charge >= 0.3 is 0 Å². The Balaban J connectivity index is 1.54. The van der Waals surface area contributed by atoms with Gasteiger partial charge in [-0.25, -0.2) is 20.5 Å². The Labute approximate surface area is 171 Å². The molecular weight excluding hydrogens is 362 g/mol. The average Bonchev–Trinajstić information content (AvgIpc) is 3.43. The van der Waals surface area contributed by atoms with E-state index in [4.69, 9.17) is 10.1 Å². The highest BCUT2D eigenvalue weighted by Gasteiger charge is 2.18. The van der Waals surface area contributed by atoms with Crippen molar-refractivity contribution in [2.24, 2.45) is 0 Å². The normalized spacial score (nSPS) is 14.6. The van der Waals surface area contributed by atoms with E-state index in [1.807, 2.05) is 0 Å². The molecule has 4 rings (SSSR count). The van der Waals surface area contributed by atoms with Crippen LogP contribution < -0.4 is 21.9 Å². The van der Waals surface area contributed by atoms with Gasteiger partial charge in [0.25, 0.3) is 0 Å². The van der Waals surface area contributed by atoms with Crippen LogP contribution in [0.4, 0.5) is 0 Å². The van der Waals surface area contributed by atoms with E-state index < -0.39 is 0 Å². The van der Waals surface area contributed by atoms with Crippen molar-refractivity contribution in [1.29, 1.82) is 0 Å². The summed E-state index contributed by atoms with van der Waals surface area (Å²) in [5.41, 5.74) is 16.9. The van der Waals surface area contributed by atoms with Gasteiger partial charge in [-0.1, -0.05) is 68.8 Å². The van der Waals surface area contributed by atoms with E-state index in [1.54, 1.807) is 0 Å². The molecule has 1 aromatic heterocycles. The molecule has 0 radical (unpaired) electrons. The van der Waals surface area contributed by atoms with Crippen LogP contribution in [0.15, 0.2) is 48.5 Å². The van der Waals surface area contributed by atoms with Crippen molar-refractivity contribution in [1.82, 2.24) is 36.7 Å². The zero-order valence-electron chi connectivity index (χ0n) is 17.1. The molecule has 7 nitrogen and oxygen atoms in total. The predicted octanol–water partition coefficient (Wildman–Crippen LogP) is 3.01. The lowest BCUT2D eigenvalue weighted by molar-refractivity contribution is 0.556. The summed E-state index contributed by atoms with van der Waals surface area (Å²) in [5.74, 6) is 2.02. The molecule has 152 valence electrons. The Kier molecular flexibility index (Phi) is 6.31. The number of benzene rings is 2. The Morgan fingerprint density at radius 3 is 2.45 bits per heavy atom. The van der Waals surface area contributed by atoms with Gasteiger partial charge in [0, 0.05) is 12.8 Å². The van der Waals surface area contributed by atoms with Gasteiger partial charge in [-0.05, 0) is 28.7 Å². The minimum Gasteiger partial charge on any atom is -0.245 e. The highest BCUT2D eigenvalue weighted by Crippen LogP contribution is 2.28. The number of nitrogens with one attached hydrogen (secondary N) is 4. The summed E-state index contributed by atoms with van der Waals surface area (Å²) in [5, 5.41) is 4.70. The fourth-order valence-electron chi connectivity index (χ4n) is 3.60. The molecule has 0 spiro atoms. The molecule has 29 heavy (non-hydrogen) atoms. The number of aryl methyl sites for hydroxylation is 2. The van der Waals surface area contributed by atoms with Crippen LogP contribution in [0.1, 0.15) is 55.6 Å². The van der Waals surface area contributed by atoms with Crippen LogP contribution in [-0.2, 0) is 19.4 Å². The van der Waals surface area contributed by atoms with Crippen molar-refractivity contribution in [2.75, 3.05) is 0 Å². The largest absolute Gasteiger partial charge is 0.245 e. The van der Waals surface area contributed by atoms with Crippen LogP contribution in [0.2, 0.25) is 0 Å². The number of hydrogen-bond donors (Lipinski definition) is 4. The standard InChI is InChI=1S/C22H29N7/c1-3-5-10-21-23-20(4-2)26-29(21)15-16-11-13-17(14-12-16)18-8-6-7-9-19(18)22-24-27-28-25-22/h6-9,11-14,22,24-25,27-28H,3-5,10,15H2,1-2H3. The Hall–Kier alpha value is -2.58. The van der Waals surface area contributed by atoms with Crippen LogP contribution in [0.5, 0.6) is 0 Å². The Morgan fingerprint density at radius 2 is 1.72 bits per heavy atom. The third-order valence-electron chi connectivity index (χ3n) is 5.23. The molecule has 1 aliphatic heterocycles. The minimum atomic E-state index is 0.00890. The third-order valence-corrected chi connectivity index (χ3v) is 5.23. The van der Waals surface area contributed by atoms with Crippen LogP contribution in [0.25, 0.3) is 11.1 Å². The van der Waals surface area contributed by atoms with E-state index in [0.29, 0.717) is 0 Å². The monoisotopic (exact) mass is 391 g/mol. The van der Waals surface area contributed by atoms with Crippen molar-refractivity contribution in [3.05, 3.63) is 71.3 Å². The van der Waals surface area contributed by atoms with E-state index in [-0.39, 0.29) is 6.17 Å². The van der Waals surface area contributed by atoms with Gasteiger partial charge in [-0.2, -0.15) is 16.2 Å². The van der Waals surface area contributed by atoms with Crippen molar-refractivity contribution < 1.29 is 0 Å². The van der Waals surface area contributed by atoms with E-state index in [9.17, 15) is 0 Å². The van der Waals surface area contributed by atoms with E-state index in [2.05, 4.69) is 89.0 Å². The first kappa shape index (κ1) is 19.7. The van der Waals surface area contributed by atoms with E-state index in [0.717, 1.165) is 43.9 Å². The number of hydrazine groups is 3. The summed E-state index contributed by atoms with van der Waals surface area (Å²) in [4.78, 5) is 4.71. The molecule has 4 N–H and O–H groups in total. The summed E-state index contributed by atoms with van der Waals surface area (Å²) in [6, 6.07) is 17.2. The summed E-state index contributed by atoms with van der Waals surface area (Å²) in [7, 11) is 0. The fraction of sp³-hybridized carbons (Fsp3) is 0.364. The maximum atomic E-state index is 4.71. The molecule has 1 aliphatic rings. The van der Waals surface area contributed by atoms with Crippen molar-refractivity contribution in [3.8, 4) is 11.1 Å². The molecule has 0 amide bonds. The summed E-state index contributed by atoms with van der Waals surface area (Å²) >= 11 is 0. The molecule has 0 saturated carbocycles. The van der Waals surface area contributed by atoms with Crippen molar-refractivity contribution in [2.45, 2.75) is 52.2 Å². The molecule has 0 atom stereocenters. The highest BCUT2D eigenvalue weighted by molar-refractivity contribution is 5.68. The lowest BCUT2D eigenvalue weighted by Crippen LogP contribution is -2.33. The number of hydrogen-bond acceptors (Lipinski definition) is 6. The molecule has 0 aliphatic carbocycles. The maximum absolute atomic E-state index is 4.71. The highest BCUT2D eigenvalue weighted by atomic mass is 15.8. The smallest absolute Gasteiger partial charge is 0.150 e. The Bertz CT molecular complexity index is 927. The third kappa shape index (κ3) is 4.54. The Morgan fingerprint density at radius 1 is 0.966 bits per heavy atom. The lowest BCUT2D eigenvalue weighted by atomic mass is 9.97. The van der Waals surface area contributed by atoms with Crippen LogP contribution in [-0.4, -0.2) is 14.8 Å². The molecule has 1 fully saturated rings. The van der Waals surface area contributed by atoms with Crippen LogP contribution in [0.3, 0.4) is 0 Å². The first-order valence-corrected chi connectivity index (χ1v) is 10.4. The number of rotatable bonds is 8. The number of nitrogens with zero attached hydrogens (tertiary/aromatic N) is 3. The SMILES string of the molecule is CCCCc1nc(CC)nn1Cc1ccc(-c2ccccc2C2NNNN2)cc1. The maximum Gasteiger partial charge on any atom is 0.150 e. The second kappa shape index (κ2) is 9.28. The van der Waals surface area contributed by atoms with Gasteiger partial charge in [-0.15, -0.1) is 0 Å². The molecular formula is C22H29N7. The molecule has 2 aromatic carbocycles. The topological polar surface area (TPSA) is 78.8 Å². The number of unbranched alkanes of at least 4 members (excludes halogenated alkanes) is 1. The molecule has 3 aromatic rings. The van der Waals surface area contributed by atoms with Crippen LogP contribution in [0, 0.1) is 0 Å². The van der Waals surface area contributed by atoms with Crippen molar-refractivity contribution >= 4 is 0 Å². The number of aromatic nitrogens is 3. The predicted molar refractivity (Wildman–Crippen MR) is 114 cm³/mol.